The van der Waals surface area contributed by atoms with E-state index in [9.17, 15) is 9.90 Å². The lowest BCUT2D eigenvalue weighted by molar-refractivity contribution is 0.161. The molecule has 1 fully saturated rings. The molecule has 1 aromatic heterocycles. The molecular formula is C14H22N4O2. The van der Waals surface area contributed by atoms with Gasteiger partial charge in [0.05, 0.1) is 18.3 Å². The normalized spacial score (nSPS) is 24.1. The molecule has 0 aliphatic heterocycles. The number of nitrogens with zero attached hydrogens (tertiary/aromatic N) is 1. The monoisotopic (exact) mass is 278 g/mol. The van der Waals surface area contributed by atoms with E-state index in [1.165, 1.54) is 11.3 Å². The molecule has 110 valence electrons. The summed E-state index contributed by atoms with van der Waals surface area (Å²) in [5, 5.41) is 22.6. The average molecular weight is 278 g/mol. The number of carbonyl (C=O) groups excluding carboxylic acids is 1. The molecule has 3 rings (SSSR count). The fraction of sp³-hybridized carbons (Fsp3) is 0.714. The Bertz CT molecular complexity index is 479. The van der Waals surface area contributed by atoms with Crippen molar-refractivity contribution < 1.29 is 9.90 Å². The maximum atomic E-state index is 12.1. The van der Waals surface area contributed by atoms with Crippen LogP contribution in [0.4, 0.5) is 4.79 Å². The maximum Gasteiger partial charge on any atom is 0.315 e. The van der Waals surface area contributed by atoms with E-state index in [0.717, 1.165) is 44.9 Å². The Hall–Kier alpha value is -1.56. The molecule has 4 N–H and O–H groups in total. The zero-order valence-corrected chi connectivity index (χ0v) is 11.6. The van der Waals surface area contributed by atoms with Crippen LogP contribution in [0.2, 0.25) is 0 Å². The van der Waals surface area contributed by atoms with Crippen LogP contribution in [0, 0.1) is 0 Å². The number of nitrogens with one attached hydrogen (secondary N) is 3. The number of aryl methyl sites for hydroxylation is 1. The molecule has 2 amide bonds. The number of H-pyrrole nitrogens is 1. The van der Waals surface area contributed by atoms with Crippen LogP contribution < -0.4 is 10.6 Å². The first kappa shape index (κ1) is 13.4. The van der Waals surface area contributed by atoms with Gasteiger partial charge in [-0.1, -0.05) is 12.8 Å². The topological polar surface area (TPSA) is 90.0 Å². The molecule has 2 aliphatic carbocycles. The summed E-state index contributed by atoms with van der Waals surface area (Å²) in [5.74, 6) is 0. The van der Waals surface area contributed by atoms with Gasteiger partial charge in [0, 0.05) is 11.7 Å². The number of rotatable bonds is 3. The molecule has 0 saturated heterocycles. The molecule has 0 spiro atoms. The summed E-state index contributed by atoms with van der Waals surface area (Å²) >= 11 is 0. The Morgan fingerprint density at radius 1 is 1.50 bits per heavy atom. The Morgan fingerprint density at radius 2 is 2.30 bits per heavy atom. The third-order valence-corrected chi connectivity index (χ3v) is 4.59. The molecule has 1 atom stereocenters. The largest absolute Gasteiger partial charge is 0.394 e. The van der Waals surface area contributed by atoms with Gasteiger partial charge in [-0.05, 0) is 37.7 Å². The van der Waals surface area contributed by atoms with E-state index in [1.807, 2.05) is 6.20 Å². The number of hydrogen-bond acceptors (Lipinski definition) is 3. The van der Waals surface area contributed by atoms with Gasteiger partial charge in [0.2, 0.25) is 0 Å². The van der Waals surface area contributed by atoms with E-state index in [1.54, 1.807) is 0 Å². The van der Waals surface area contributed by atoms with Crippen LogP contribution in [-0.2, 0) is 12.8 Å². The number of amides is 2. The van der Waals surface area contributed by atoms with Gasteiger partial charge >= 0.3 is 6.03 Å². The highest BCUT2D eigenvalue weighted by Crippen LogP contribution is 2.29. The van der Waals surface area contributed by atoms with Gasteiger partial charge in [-0.25, -0.2) is 4.79 Å². The lowest BCUT2D eigenvalue weighted by atomic mass is 9.93. The van der Waals surface area contributed by atoms with Crippen molar-refractivity contribution in [2.24, 2.45) is 0 Å². The SMILES string of the molecule is O=C(NC1CCc2[nH]ncc2C1)NC1(CO)CCCC1. The van der Waals surface area contributed by atoms with E-state index in [-0.39, 0.29) is 18.7 Å². The van der Waals surface area contributed by atoms with Crippen molar-refractivity contribution in [1.29, 1.82) is 0 Å². The molecule has 0 aromatic carbocycles. The van der Waals surface area contributed by atoms with E-state index in [0.29, 0.717) is 0 Å². The number of aliphatic hydroxyl groups is 1. The number of hydrogen-bond donors (Lipinski definition) is 4. The van der Waals surface area contributed by atoms with Crippen molar-refractivity contribution in [3.63, 3.8) is 0 Å². The van der Waals surface area contributed by atoms with Crippen molar-refractivity contribution >= 4 is 6.03 Å². The number of carbonyl (C=O) groups is 1. The van der Waals surface area contributed by atoms with E-state index in [2.05, 4.69) is 20.8 Å². The van der Waals surface area contributed by atoms with Gasteiger partial charge in [-0.3, -0.25) is 5.10 Å². The molecule has 6 nitrogen and oxygen atoms in total. The first-order valence-corrected chi connectivity index (χ1v) is 7.41. The number of aliphatic hydroxyl groups excluding tert-OH is 1. The quantitative estimate of drug-likeness (QED) is 0.661. The second-order valence-corrected chi connectivity index (χ2v) is 6.06. The fourth-order valence-electron chi connectivity index (χ4n) is 3.38. The first-order chi connectivity index (χ1) is 9.71. The van der Waals surface area contributed by atoms with Crippen LogP contribution in [0.15, 0.2) is 6.20 Å². The lowest BCUT2D eigenvalue weighted by Gasteiger charge is -2.30. The van der Waals surface area contributed by atoms with E-state index >= 15 is 0 Å². The number of urea groups is 1. The average Bonchev–Trinajstić information content (AvgIpc) is 3.07. The van der Waals surface area contributed by atoms with Gasteiger partial charge in [-0.2, -0.15) is 5.10 Å². The standard InChI is InChI=1S/C14H22N4O2/c19-9-14(5-1-2-6-14)17-13(20)16-11-3-4-12-10(7-11)8-15-18-12/h8,11,19H,1-7,9H2,(H,15,18)(H2,16,17,20). The predicted octanol–water partition coefficient (Wildman–Crippen LogP) is 0.871. The van der Waals surface area contributed by atoms with Gasteiger partial charge in [0.15, 0.2) is 0 Å². The second-order valence-electron chi connectivity index (χ2n) is 6.06. The summed E-state index contributed by atoms with van der Waals surface area (Å²) in [7, 11) is 0. The van der Waals surface area contributed by atoms with Crippen molar-refractivity contribution in [3.05, 3.63) is 17.5 Å². The lowest BCUT2D eigenvalue weighted by Crippen LogP contribution is -2.55. The van der Waals surface area contributed by atoms with Crippen LogP contribution in [-0.4, -0.2) is 39.5 Å². The predicted molar refractivity (Wildman–Crippen MR) is 74.4 cm³/mol. The van der Waals surface area contributed by atoms with Crippen molar-refractivity contribution in [2.75, 3.05) is 6.61 Å². The molecule has 0 radical (unpaired) electrons. The van der Waals surface area contributed by atoms with Crippen molar-refractivity contribution in [3.8, 4) is 0 Å². The Kier molecular flexibility index (Phi) is 3.65. The Morgan fingerprint density at radius 3 is 3.05 bits per heavy atom. The first-order valence-electron chi connectivity index (χ1n) is 7.41. The van der Waals surface area contributed by atoms with Crippen molar-refractivity contribution in [1.82, 2.24) is 20.8 Å². The maximum absolute atomic E-state index is 12.1. The third-order valence-electron chi connectivity index (χ3n) is 4.59. The summed E-state index contributed by atoms with van der Waals surface area (Å²) < 4.78 is 0. The van der Waals surface area contributed by atoms with Gasteiger partial charge in [0.25, 0.3) is 0 Å². The number of aromatic amines is 1. The molecule has 1 aromatic rings. The van der Waals surface area contributed by atoms with Crippen LogP contribution in [0.5, 0.6) is 0 Å². The minimum Gasteiger partial charge on any atom is -0.394 e. The fourth-order valence-corrected chi connectivity index (χ4v) is 3.38. The smallest absolute Gasteiger partial charge is 0.315 e. The molecule has 2 aliphatic rings. The summed E-state index contributed by atoms with van der Waals surface area (Å²) in [6.45, 7) is 0.0248. The number of aromatic nitrogens is 2. The van der Waals surface area contributed by atoms with E-state index < -0.39 is 5.54 Å². The molecular weight excluding hydrogens is 256 g/mol. The number of fused-ring (bicyclic) bond motifs is 1. The minimum atomic E-state index is -0.403. The Balaban J connectivity index is 1.55. The molecule has 20 heavy (non-hydrogen) atoms. The van der Waals surface area contributed by atoms with Crippen LogP contribution in [0.3, 0.4) is 0 Å². The van der Waals surface area contributed by atoms with Gasteiger partial charge < -0.3 is 15.7 Å². The molecule has 1 heterocycles. The summed E-state index contributed by atoms with van der Waals surface area (Å²) in [5.41, 5.74) is 1.98. The summed E-state index contributed by atoms with van der Waals surface area (Å²) in [4.78, 5) is 12.1. The zero-order chi connectivity index (χ0) is 14.0. The molecule has 1 unspecified atom stereocenters. The molecule has 0 bridgehead atoms. The highest BCUT2D eigenvalue weighted by molar-refractivity contribution is 5.75. The summed E-state index contributed by atoms with van der Waals surface area (Å²) in [6.07, 6.45) is 8.39. The highest BCUT2D eigenvalue weighted by atomic mass is 16.3. The van der Waals surface area contributed by atoms with Crippen LogP contribution in [0.1, 0.15) is 43.4 Å². The van der Waals surface area contributed by atoms with Crippen LogP contribution >= 0.6 is 0 Å². The highest BCUT2D eigenvalue weighted by Gasteiger charge is 2.35. The van der Waals surface area contributed by atoms with Gasteiger partial charge in [-0.15, -0.1) is 0 Å². The van der Waals surface area contributed by atoms with E-state index in [4.69, 9.17) is 0 Å². The Labute approximate surface area is 118 Å². The van der Waals surface area contributed by atoms with Gasteiger partial charge in [0.1, 0.15) is 0 Å². The van der Waals surface area contributed by atoms with Crippen molar-refractivity contribution in [2.45, 2.75) is 56.5 Å². The van der Waals surface area contributed by atoms with Crippen LogP contribution in [0.25, 0.3) is 0 Å². The zero-order valence-electron chi connectivity index (χ0n) is 11.6. The molecule has 1 saturated carbocycles. The minimum absolute atomic E-state index is 0.0248. The summed E-state index contributed by atoms with van der Waals surface area (Å²) in [6, 6.07) is -0.00450. The third kappa shape index (κ3) is 2.65. The second kappa shape index (κ2) is 5.44. The molecule has 6 heteroatoms.